The second-order valence-electron chi connectivity index (χ2n) is 5.04. The number of carbonyl (C=O) groups excluding carboxylic acids is 1. The van der Waals surface area contributed by atoms with Gasteiger partial charge in [-0.05, 0) is 36.4 Å². The molecule has 0 spiro atoms. The molecule has 0 atom stereocenters. The van der Waals surface area contributed by atoms with Crippen LogP contribution in [0.25, 0.3) is 10.9 Å². The summed E-state index contributed by atoms with van der Waals surface area (Å²) in [5, 5.41) is 14.5. The zero-order chi connectivity index (χ0) is 17.1. The predicted octanol–water partition coefficient (Wildman–Crippen LogP) is 1.17. The molecule has 2 aromatic carbocycles. The Bertz CT molecular complexity index is 1010. The summed E-state index contributed by atoms with van der Waals surface area (Å²) in [6.07, 6.45) is 0. The minimum absolute atomic E-state index is 0.0789. The van der Waals surface area contributed by atoms with E-state index in [4.69, 9.17) is 0 Å². The number of aromatic amines is 1. The normalized spacial score (nSPS) is 10.5. The molecule has 8 nitrogen and oxygen atoms in total. The van der Waals surface area contributed by atoms with Gasteiger partial charge in [0.25, 0.3) is 5.56 Å². The number of amides is 2. The summed E-state index contributed by atoms with van der Waals surface area (Å²) < 4.78 is 0.902. The Balaban J connectivity index is 1.76. The van der Waals surface area contributed by atoms with Crippen molar-refractivity contribution >= 4 is 22.6 Å². The molecule has 24 heavy (non-hydrogen) atoms. The molecule has 0 unspecified atom stereocenters. The highest BCUT2D eigenvalue weighted by atomic mass is 16.3. The van der Waals surface area contributed by atoms with Crippen molar-refractivity contribution < 1.29 is 9.90 Å². The summed E-state index contributed by atoms with van der Waals surface area (Å²) in [7, 11) is 0. The first kappa shape index (κ1) is 15.3. The first-order chi connectivity index (χ1) is 11.5. The summed E-state index contributed by atoms with van der Waals surface area (Å²) >= 11 is 0. The van der Waals surface area contributed by atoms with E-state index < -0.39 is 17.3 Å². The van der Waals surface area contributed by atoms with Gasteiger partial charge in [-0.3, -0.25) is 4.79 Å². The molecule has 1 aromatic heterocycles. The lowest BCUT2D eigenvalue weighted by Crippen LogP contribution is -2.42. The lowest BCUT2D eigenvalue weighted by Gasteiger charge is -2.09. The van der Waals surface area contributed by atoms with E-state index in [1.807, 2.05) is 0 Å². The van der Waals surface area contributed by atoms with Crippen molar-refractivity contribution in [3.63, 3.8) is 0 Å². The fraction of sp³-hybridized carbons (Fsp3) is 0.0625. The molecular weight excluding hydrogens is 312 g/mol. The molecule has 0 saturated carbocycles. The lowest BCUT2D eigenvalue weighted by atomic mass is 10.2. The topological polar surface area (TPSA) is 116 Å². The van der Waals surface area contributed by atoms with E-state index in [0.29, 0.717) is 16.6 Å². The highest BCUT2D eigenvalue weighted by Gasteiger charge is 2.08. The first-order valence-corrected chi connectivity index (χ1v) is 7.10. The van der Waals surface area contributed by atoms with Crippen molar-refractivity contribution in [3.8, 4) is 5.75 Å². The number of H-pyrrole nitrogens is 1. The number of benzene rings is 2. The fourth-order valence-electron chi connectivity index (χ4n) is 2.21. The summed E-state index contributed by atoms with van der Waals surface area (Å²) in [5.41, 5.74) is -0.190. The lowest BCUT2D eigenvalue weighted by molar-refractivity contribution is 0.249. The number of hydrogen-bond acceptors (Lipinski definition) is 4. The number of para-hydroxylation sites is 1. The third-order valence-electron chi connectivity index (χ3n) is 3.41. The fourth-order valence-corrected chi connectivity index (χ4v) is 2.21. The van der Waals surface area contributed by atoms with Crippen LogP contribution in [0.4, 0.5) is 10.5 Å². The number of aromatic hydroxyl groups is 1. The maximum atomic E-state index is 12.3. The van der Waals surface area contributed by atoms with Crippen LogP contribution in [-0.4, -0.2) is 20.7 Å². The van der Waals surface area contributed by atoms with E-state index in [1.165, 1.54) is 24.3 Å². The summed E-state index contributed by atoms with van der Waals surface area (Å²) in [5.74, 6) is 0.0789. The highest BCUT2D eigenvalue weighted by Crippen LogP contribution is 2.13. The van der Waals surface area contributed by atoms with Gasteiger partial charge in [0, 0.05) is 5.69 Å². The van der Waals surface area contributed by atoms with Gasteiger partial charge in [-0.2, -0.15) is 0 Å². The molecule has 0 aliphatic heterocycles. The second kappa shape index (κ2) is 6.29. The van der Waals surface area contributed by atoms with Crippen LogP contribution in [0, 0.1) is 0 Å². The number of urea groups is 1. The smallest absolute Gasteiger partial charge is 0.330 e. The minimum atomic E-state index is -0.608. The highest BCUT2D eigenvalue weighted by molar-refractivity contribution is 5.89. The molecule has 3 rings (SSSR count). The molecule has 1 heterocycles. The Morgan fingerprint density at radius 2 is 1.79 bits per heavy atom. The van der Waals surface area contributed by atoms with Gasteiger partial charge < -0.3 is 20.7 Å². The van der Waals surface area contributed by atoms with Crippen LogP contribution in [-0.2, 0) is 6.67 Å². The van der Waals surface area contributed by atoms with E-state index in [-0.39, 0.29) is 12.4 Å². The molecule has 3 aromatic rings. The number of anilines is 1. The quantitative estimate of drug-likeness (QED) is 0.541. The average Bonchev–Trinajstić information content (AvgIpc) is 2.57. The van der Waals surface area contributed by atoms with Crippen molar-refractivity contribution in [3.05, 3.63) is 69.4 Å². The third kappa shape index (κ3) is 3.12. The number of nitrogens with one attached hydrogen (secondary N) is 3. The van der Waals surface area contributed by atoms with Crippen LogP contribution >= 0.6 is 0 Å². The number of aromatic nitrogens is 2. The Kier molecular flexibility index (Phi) is 4.02. The molecule has 4 N–H and O–H groups in total. The zero-order valence-electron chi connectivity index (χ0n) is 12.4. The van der Waals surface area contributed by atoms with Gasteiger partial charge in [-0.25, -0.2) is 14.2 Å². The number of carbonyl (C=O) groups is 1. The van der Waals surface area contributed by atoms with Gasteiger partial charge in [0.15, 0.2) is 0 Å². The zero-order valence-corrected chi connectivity index (χ0v) is 12.4. The Morgan fingerprint density at radius 1 is 1.08 bits per heavy atom. The number of nitrogens with zero attached hydrogens (tertiary/aromatic N) is 1. The molecule has 0 aliphatic rings. The van der Waals surface area contributed by atoms with Crippen molar-refractivity contribution in [2.24, 2.45) is 0 Å². The number of fused-ring (bicyclic) bond motifs is 1. The Labute approximate surface area is 135 Å². The third-order valence-corrected chi connectivity index (χ3v) is 3.41. The second-order valence-corrected chi connectivity index (χ2v) is 5.04. The molecule has 0 fully saturated rings. The maximum Gasteiger partial charge on any atom is 0.330 e. The molecule has 122 valence electrons. The van der Waals surface area contributed by atoms with Crippen molar-refractivity contribution in [1.29, 1.82) is 0 Å². The maximum absolute atomic E-state index is 12.3. The van der Waals surface area contributed by atoms with E-state index >= 15 is 0 Å². The minimum Gasteiger partial charge on any atom is -0.508 e. The van der Waals surface area contributed by atoms with Gasteiger partial charge in [-0.1, -0.05) is 12.1 Å². The van der Waals surface area contributed by atoms with Crippen LogP contribution in [0.3, 0.4) is 0 Å². The van der Waals surface area contributed by atoms with Crippen LogP contribution in [0.1, 0.15) is 0 Å². The standard InChI is InChI=1S/C16H14N4O4/c21-11-7-5-10(6-8-11)18-15(23)17-9-20-14(22)12-3-1-2-4-13(12)19-16(20)24/h1-8,21H,9H2,(H,19,24)(H2,17,18,23). The van der Waals surface area contributed by atoms with Crippen LogP contribution < -0.4 is 21.9 Å². The van der Waals surface area contributed by atoms with E-state index in [0.717, 1.165) is 4.57 Å². The summed E-state index contributed by atoms with van der Waals surface area (Å²) in [6, 6.07) is 11.9. The monoisotopic (exact) mass is 326 g/mol. The molecule has 2 amide bonds. The molecule has 0 saturated heterocycles. The van der Waals surface area contributed by atoms with Crippen LogP contribution in [0.5, 0.6) is 5.75 Å². The van der Waals surface area contributed by atoms with Crippen LogP contribution in [0.2, 0.25) is 0 Å². The van der Waals surface area contributed by atoms with Crippen molar-refractivity contribution in [2.45, 2.75) is 6.67 Å². The number of phenolic OH excluding ortho intramolecular Hbond substituents is 1. The summed E-state index contributed by atoms with van der Waals surface area (Å²) in [4.78, 5) is 38.7. The van der Waals surface area contributed by atoms with Gasteiger partial charge >= 0.3 is 11.7 Å². The van der Waals surface area contributed by atoms with Crippen LogP contribution in [0.15, 0.2) is 58.1 Å². The van der Waals surface area contributed by atoms with Gasteiger partial charge in [0.1, 0.15) is 12.4 Å². The van der Waals surface area contributed by atoms with E-state index in [2.05, 4.69) is 15.6 Å². The predicted molar refractivity (Wildman–Crippen MR) is 89.1 cm³/mol. The Morgan fingerprint density at radius 3 is 2.54 bits per heavy atom. The first-order valence-electron chi connectivity index (χ1n) is 7.10. The van der Waals surface area contributed by atoms with Crippen molar-refractivity contribution in [2.75, 3.05) is 5.32 Å². The molecule has 0 radical (unpaired) electrons. The molecule has 0 bridgehead atoms. The van der Waals surface area contributed by atoms with Gasteiger partial charge in [0.2, 0.25) is 0 Å². The Hall–Kier alpha value is -3.55. The van der Waals surface area contributed by atoms with E-state index in [9.17, 15) is 19.5 Å². The largest absolute Gasteiger partial charge is 0.508 e. The SMILES string of the molecule is O=C(NCn1c(=O)[nH]c2ccccc2c1=O)Nc1ccc(O)cc1. The van der Waals surface area contributed by atoms with E-state index in [1.54, 1.807) is 24.3 Å². The number of rotatable bonds is 3. The van der Waals surface area contributed by atoms with Gasteiger partial charge in [-0.15, -0.1) is 0 Å². The molecule has 0 aliphatic carbocycles. The number of hydrogen-bond donors (Lipinski definition) is 4. The average molecular weight is 326 g/mol. The van der Waals surface area contributed by atoms with Crippen molar-refractivity contribution in [1.82, 2.24) is 14.9 Å². The molecule has 8 heteroatoms. The van der Waals surface area contributed by atoms with Gasteiger partial charge in [0.05, 0.1) is 10.9 Å². The number of phenols is 1. The molecular formula is C16H14N4O4. The summed E-state index contributed by atoms with van der Waals surface area (Å²) in [6.45, 7) is -0.275.